The first kappa shape index (κ1) is 17.4. The van der Waals surface area contributed by atoms with Gasteiger partial charge in [0.15, 0.2) is 0 Å². The Morgan fingerprint density at radius 3 is 2.24 bits per heavy atom. The summed E-state index contributed by atoms with van der Waals surface area (Å²) in [5.74, 6) is 0. The van der Waals surface area contributed by atoms with Crippen molar-refractivity contribution in [1.82, 2.24) is 0 Å². The van der Waals surface area contributed by atoms with Gasteiger partial charge in [-0.05, 0) is 31.4 Å². The van der Waals surface area contributed by atoms with Gasteiger partial charge in [0.25, 0.3) is 5.69 Å². The van der Waals surface area contributed by atoms with E-state index in [1.54, 1.807) is 19.1 Å². The maximum absolute atomic E-state index is 11.3. The predicted molar refractivity (Wildman–Crippen MR) is 85.8 cm³/mol. The summed E-state index contributed by atoms with van der Waals surface area (Å²) in [6.07, 6.45) is 3.44. The molecule has 5 heteroatoms. The van der Waals surface area contributed by atoms with Crippen LogP contribution in [0.3, 0.4) is 0 Å². The summed E-state index contributed by atoms with van der Waals surface area (Å²) in [4.78, 5) is 13.1. The molecule has 0 saturated heterocycles. The lowest BCUT2D eigenvalue weighted by atomic mass is 10.1. The molecule has 0 radical (unpaired) electrons. The number of rotatable bonds is 9. The van der Waals surface area contributed by atoms with Crippen molar-refractivity contribution in [3.63, 3.8) is 0 Å². The average molecular weight is 294 g/mol. The minimum Gasteiger partial charge on any atom is -0.389 e. The summed E-state index contributed by atoms with van der Waals surface area (Å²) in [7, 11) is 0. The topological polar surface area (TPSA) is 66.6 Å². The normalized spacial score (nSPS) is 12.2. The average Bonchev–Trinajstić information content (AvgIpc) is 2.46. The zero-order valence-corrected chi connectivity index (χ0v) is 13.2. The van der Waals surface area contributed by atoms with Crippen molar-refractivity contribution in [3.8, 4) is 0 Å². The van der Waals surface area contributed by atoms with Crippen molar-refractivity contribution >= 4 is 11.4 Å². The first-order valence-electron chi connectivity index (χ1n) is 7.72. The number of anilines is 1. The summed E-state index contributed by atoms with van der Waals surface area (Å²) in [5.41, 5.74) is 1.32. The Hall–Kier alpha value is -1.62. The van der Waals surface area contributed by atoms with Crippen molar-refractivity contribution < 1.29 is 10.0 Å². The van der Waals surface area contributed by atoms with Gasteiger partial charge in [-0.3, -0.25) is 10.1 Å². The van der Waals surface area contributed by atoms with Crippen LogP contribution in [0.5, 0.6) is 0 Å². The Bertz CT molecular complexity index is 453. The van der Waals surface area contributed by atoms with Crippen LogP contribution >= 0.6 is 0 Å². The molecule has 0 fully saturated rings. The number of aliphatic hydroxyl groups excluding tert-OH is 1. The summed E-state index contributed by atoms with van der Waals surface area (Å²) in [6.45, 7) is 7.49. The maximum Gasteiger partial charge on any atom is 0.292 e. The molecule has 118 valence electrons. The molecular weight excluding hydrogens is 268 g/mol. The van der Waals surface area contributed by atoms with Crippen molar-refractivity contribution in [1.29, 1.82) is 0 Å². The van der Waals surface area contributed by atoms with Gasteiger partial charge < -0.3 is 10.0 Å². The summed E-state index contributed by atoms with van der Waals surface area (Å²) >= 11 is 0. The summed E-state index contributed by atoms with van der Waals surface area (Å²) in [5, 5.41) is 21.0. The van der Waals surface area contributed by atoms with E-state index in [4.69, 9.17) is 0 Å². The third kappa shape index (κ3) is 5.01. The van der Waals surface area contributed by atoms with Crippen LogP contribution in [0.1, 0.15) is 58.1 Å². The standard InChI is InChI=1S/C16H26N2O3/c1-4-6-10-17(11-7-5-2)15-9-8-14(13(3)19)12-16(15)18(20)21/h8-9,12-13,19H,4-7,10-11H2,1-3H3. The number of aliphatic hydroxyl groups is 1. The number of nitro benzene ring substituents is 1. The molecule has 0 aliphatic carbocycles. The second kappa shape index (κ2) is 8.62. The number of hydrogen-bond acceptors (Lipinski definition) is 4. The molecule has 1 atom stereocenters. The van der Waals surface area contributed by atoms with Gasteiger partial charge in [0, 0.05) is 19.2 Å². The van der Waals surface area contributed by atoms with Crippen molar-refractivity contribution in [2.24, 2.45) is 0 Å². The molecule has 1 unspecified atom stereocenters. The zero-order valence-electron chi connectivity index (χ0n) is 13.2. The highest BCUT2D eigenvalue weighted by molar-refractivity contribution is 5.64. The number of unbranched alkanes of at least 4 members (excludes halogenated alkanes) is 2. The molecule has 21 heavy (non-hydrogen) atoms. The van der Waals surface area contributed by atoms with E-state index in [1.165, 1.54) is 6.07 Å². The van der Waals surface area contributed by atoms with E-state index < -0.39 is 6.10 Å². The van der Waals surface area contributed by atoms with Crippen LogP contribution in [0, 0.1) is 10.1 Å². The lowest BCUT2D eigenvalue weighted by Gasteiger charge is -2.24. The molecule has 0 spiro atoms. The Kier molecular flexibility index (Phi) is 7.15. The molecule has 0 bridgehead atoms. The fourth-order valence-electron chi connectivity index (χ4n) is 2.26. The molecule has 5 nitrogen and oxygen atoms in total. The summed E-state index contributed by atoms with van der Waals surface area (Å²) in [6, 6.07) is 5.04. The van der Waals surface area contributed by atoms with Crippen molar-refractivity contribution in [2.75, 3.05) is 18.0 Å². The number of nitrogens with zero attached hydrogens (tertiary/aromatic N) is 2. The monoisotopic (exact) mass is 294 g/mol. The molecule has 0 heterocycles. The highest BCUT2D eigenvalue weighted by Crippen LogP contribution is 2.31. The molecule has 0 amide bonds. The van der Waals surface area contributed by atoms with Gasteiger partial charge in [0.05, 0.1) is 11.0 Å². The van der Waals surface area contributed by atoms with Gasteiger partial charge in [-0.15, -0.1) is 0 Å². The van der Waals surface area contributed by atoms with E-state index >= 15 is 0 Å². The Labute approximate surface area is 126 Å². The largest absolute Gasteiger partial charge is 0.389 e. The summed E-state index contributed by atoms with van der Waals surface area (Å²) < 4.78 is 0. The van der Waals surface area contributed by atoms with Crippen molar-refractivity contribution in [3.05, 3.63) is 33.9 Å². The minimum atomic E-state index is -0.697. The first-order valence-corrected chi connectivity index (χ1v) is 7.72. The third-order valence-electron chi connectivity index (χ3n) is 3.58. The second-order valence-electron chi connectivity index (χ2n) is 5.38. The second-order valence-corrected chi connectivity index (χ2v) is 5.38. The highest BCUT2D eigenvalue weighted by atomic mass is 16.6. The number of hydrogen-bond donors (Lipinski definition) is 1. The Morgan fingerprint density at radius 2 is 1.81 bits per heavy atom. The SMILES string of the molecule is CCCCN(CCCC)c1ccc(C(C)O)cc1[N+](=O)[O-]. The zero-order chi connectivity index (χ0) is 15.8. The lowest BCUT2D eigenvalue weighted by Crippen LogP contribution is -2.26. The van der Waals surface area contributed by atoms with E-state index in [-0.39, 0.29) is 10.6 Å². The van der Waals surface area contributed by atoms with E-state index in [9.17, 15) is 15.2 Å². The molecule has 1 aromatic carbocycles. The maximum atomic E-state index is 11.3. The fourth-order valence-corrected chi connectivity index (χ4v) is 2.26. The van der Waals surface area contributed by atoms with E-state index in [0.29, 0.717) is 11.3 Å². The van der Waals surface area contributed by atoms with Crippen LogP contribution in [0.15, 0.2) is 18.2 Å². The van der Waals surface area contributed by atoms with Crippen LogP contribution < -0.4 is 4.90 Å². The number of nitro groups is 1. The van der Waals surface area contributed by atoms with Crippen LogP contribution in [0.4, 0.5) is 11.4 Å². The molecule has 0 aliphatic rings. The van der Waals surface area contributed by atoms with Gasteiger partial charge in [-0.2, -0.15) is 0 Å². The van der Waals surface area contributed by atoms with Gasteiger partial charge in [0.2, 0.25) is 0 Å². The molecule has 1 N–H and O–H groups in total. The molecule has 1 rings (SSSR count). The highest BCUT2D eigenvalue weighted by Gasteiger charge is 2.20. The van der Waals surface area contributed by atoms with E-state index in [0.717, 1.165) is 38.8 Å². The van der Waals surface area contributed by atoms with E-state index in [1.807, 2.05) is 0 Å². The molecule has 0 aromatic heterocycles. The van der Waals surface area contributed by atoms with Crippen LogP contribution in [0.25, 0.3) is 0 Å². The van der Waals surface area contributed by atoms with Crippen LogP contribution in [-0.2, 0) is 0 Å². The predicted octanol–water partition coefficient (Wildman–Crippen LogP) is 4.05. The Balaban J connectivity index is 3.12. The van der Waals surface area contributed by atoms with Crippen molar-refractivity contribution in [2.45, 2.75) is 52.6 Å². The smallest absolute Gasteiger partial charge is 0.292 e. The quantitative estimate of drug-likeness (QED) is 0.551. The van der Waals surface area contributed by atoms with E-state index in [2.05, 4.69) is 18.7 Å². The minimum absolute atomic E-state index is 0.0839. The Morgan fingerprint density at radius 1 is 1.24 bits per heavy atom. The molecule has 0 saturated carbocycles. The number of benzene rings is 1. The lowest BCUT2D eigenvalue weighted by molar-refractivity contribution is -0.384. The van der Waals surface area contributed by atoms with Gasteiger partial charge in [0.1, 0.15) is 5.69 Å². The molecule has 1 aromatic rings. The molecule has 0 aliphatic heterocycles. The van der Waals surface area contributed by atoms with Crippen LogP contribution in [0.2, 0.25) is 0 Å². The third-order valence-corrected chi connectivity index (χ3v) is 3.58. The van der Waals surface area contributed by atoms with Gasteiger partial charge in [-0.25, -0.2) is 0 Å². The fraction of sp³-hybridized carbons (Fsp3) is 0.625. The first-order chi connectivity index (χ1) is 10.0. The van der Waals surface area contributed by atoms with Gasteiger partial charge in [-0.1, -0.05) is 32.8 Å². The molecular formula is C16H26N2O3. The van der Waals surface area contributed by atoms with Crippen LogP contribution in [-0.4, -0.2) is 23.1 Å². The van der Waals surface area contributed by atoms with Gasteiger partial charge >= 0.3 is 0 Å².